The first-order valence-corrected chi connectivity index (χ1v) is 6.63. The van der Waals surface area contributed by atoms with Crippen molar-refractivity contribution in [2.24, 2.45) is 0 Å². The molecule has 2 aromatic carbocycles. The lowest BCUT2D eigenvalue weighted by Gasteiger charge is -2.09. The molecule has 0 unspecified atom stereocenters. The van der Waals surface area contributed by atoms with Gasteiger partial charge >= 0.3 is 0 Å². The molecule has 0 saturated heterocycles. The molecule has 3 rings (SSSR count). The third-order valence-corrected chi connectivity index (χ3v) is 3.42. The van der Waals surface area contributed by atoms with Gasteiger partial charge < -0.3 is 0 Å². The van der Waals surface area contributed by atoms with Crippen molar-refractivity contribution in [2.75, 3.05) is 0 Å². The van der Waals surface area contributed by atoms with E-state index in [0.717, 1.165) is 22.8 Å². The molecule has 0 bridgehead atoms. The van der Waals surface area contributed by atoms with Crippen LogP contribution in [0.2, 0.25) is 0 Å². The maximum Gasteiger partial charge on any atom is 0.168 e. The Labute approximate surface area is 121 Å². The van der Waals surface area contributed by atoms with Gasteiger partial charge in [0, 0.05) is 11.8 Å². The van der Waals surface area contributed by atoms with Crippen molar-refractivity contribution in [1.29, 1.82) is 0 Å². The summed E-state index contributed by atoms with van der Waals surface area (Å²) in [7, 11) is 0. The van der Waals surface area contributed by atoms with E-state index in [9.17, 15) is 8.78 Å². The number of nitrogens with zero attached hydrogens (tertiary/aromatic N) is 1. The van der Waals surface area contributed by atoms with Crippen LogP contribution < -0.4 is 0 Å². The van der Waals surface area contributed by atoms with Crippen LogP contribution in [0, 0.1) is 18.6 Å². The number of hydrogen-bond donors (Lipinski definition) is 0. The molecule has 0 radical (unpaired) electrons. The predicted molar refractivity (Wildman–Crippen MR) is 79.8 cm³/mol. The summed E-state index contributed by atoms with van der Waals surface area (Å²) in [6.45, 7) is 1.95. The van der Waals surface area contributed by atoms with Crippen molar-refractivity contribution >= 4 is 0 Å². The van der Waals surface area contributed by atoms with Crippen molar-refractivity contribution in [1.82, 2.24) is 4.98 Å². The molecule has 3 heteroatoms. The smallest absolute Gasteiger partial charge is 0.168 e. The highest BCUT2D eigenvalue weighted by atomic mass is 19.2. The van der Waals surface area contributed by atoms with Gasteiger partial charge in [-0.1, -0.05) is 36.4 Å². The summed E-state index contributed by atoms with van der Waals surface area (Å²) in [5, 5.41) is 0. The van der Waals surface area contributed by atoms with E-state index in [-0.39, 0.29) is 5.56 Å². The second kappa shape index (κ2) is 5.44. The second-order valence-corrected chi connectivity index (χ2v) is 4.85. The van der Waals surface area contributed by atoms with E-state index >= 15 is 0 Å². The molecule has 0 N–H and O–H groups in total. The minimum absolute atomic E-state index is 0.173. The van der Waals surface area contributed by atoms with E-state index in [1.807, 2.05) is 37.3 Å². The first kappa shape index (κ1) is 13.4. The zero-order valence-corrected chi connectivity index (χ0v) is 11.5. The van der Waals surface area contributed by atoms with Gasteiger partial charge in [0.1, 0.15) is 0 Å². The molecule has 1 nitrogen and oxygen atoms in total. The summed E-state index contributed by atoms with van der Waals surface area (Å²) in [4.78, 5) is 4.23. The van der Waals surface area contributed by atoms with E-state index in [4.69, 9.17) is 0 Å². The van der Waals surface area contributed by atoms with Gasteiger partial charge in [-0.3, -0.25) is 4.98 Å². The maximum absolute atomic E-state index is 13.9. The topological polar surface area (TPSA) is 12.9 Å². The van der Waals surface area contributed by atoms with Crippen LogP contribution in [-0.2, 0) is 0 Å². The fourth-order valence-corrected chi connectivity index (χ4v) is 2.30. The summed E-state index contributed by atoms with van der Waals surface area (Å²) >= 11 is 0. The molecule has 1 aromatic heterocycles. The summed E-state index contributed by atoms with van der Waals surface area (Å²) in [6.07, 6.45) is 1.68. The lowest BCUT2D eigenvalue weighted by atomic mass is 9.99. The van der Waals surface area contributed by atoms with E-state index < -0.39 is 11.6 Å². The van der Waals surface area contributed by atoms with Crippen LogP contribution in [0.5, 0.6) is 0 Å². The fourth-order valence-electron chi connectivity index (χ4n) is 2.30. The highest BCUT2D eigenvalue weighted by molar-refractivity contribution is 5.73. The molecular formula is C18H13F2N. The Bertz CT molecular complexity index is 782. The number of rotatable bonds is 2. The van der Waals surface area contributed by atoms with E-state index in [0.29, 0.717) is 5.69 Å². The Balaban J connectivity index is 2.16. The van der Waals surface area contributed by atoms with E-state index in [2.05, 4.69) is 4.98 Å². The van der Waals surface area contributed by atoms with Gasteiger partial charge in [-0.05, 0) is 41.8 Å². The minimum Gasteiger partial charge on any atom is -0.256 e. The zero-order chi connectivity index (χ0) is 14.8. The van der Waals surface area contributed by atoms with Crippen molar-refractivity contribution in [3.63, 3.8) is 0 Å². The summed E-state index contributed by atoms with van der Waals surface area (Å²) in [6, 6.07) is 15.7. The molecule has 0 fully saturated rings. The average molecular weight is 281 g/mol. The molecule has 0 spiro atoms. The van der Waals surface area contributed by atoms with Gasteiger partial charge in [0.05, 0.1) is 5.69 Å². The molecule has 0 saturated carbocycles. The van der Waals surface area contributed by atoms with Crippen LogP contribution in [0.4, 0.5) is 8.78 Å². The Hall–Kier alpha value is -2.55. The van der Waals surface area contributed by atoms with E-state index in [1.54, 1.807) is 12.3 Å². The SMILES string of the molecule is Cc1cnc(-c2cccc(F)c2F)cc1-c1ccccc1. The number of halogens is 2. The molecule has 0 amide bonds. The molecule has 3 aromatic rings. The normalized spacial score (nSPS) is 10.6. The van der Waals surface area contributed by atoms with Crippen LogP contribution in [0.15, 0.2) is 60.8 Å². The number of hydrogen-bond acceptors (Lipinski definition) is 1. The highest BCUT2D eigenvalue weighted by Crippen LogP contribution is 2.29. The first-order valence-electron chi connectivity index (χ1n) is 6.63. The molecular weight excluding hydrogens is 268 g/mol. The van der Waals surface area contributed by atoms with Crippen molar-refractivity contribution < 1.29 is 8.78 Å². The van der Waals surface area contributed by atoms with Crippen LogP contribution in [-0.4, -0.2) is 4.98 Å². The Morgan fingerprint density at radius 2 is 1.62 bits per heavy atom. The van der Waals surface area contributed by atoms with Crippen molar-refractivity contribution in [3.8, 4) is 22.4 Å². The highest BCUT2D eigenvalue weighted by Gasteiger charge is 2.12. The lowest BCUT2D eigenvalue weighted by Crippen LogP contribution is -1.94. The Morgan fingerprint density at radius 1 is 0.857 bits per heavy atom. The van der Waals surface area contributed by atoms with Gasteiger partial charge in [-0.2, -0.15) is 0 Å². The quantitative estimate of drug-likeness (QED) is 0.644. The van der Waals surface area contributed by atoms with Crippen LogP contribution >= 0.6 is 0 Å². The zero-order valence-electron chi connectivity index (χ0n) is 11.5. The fraction of sp³-hybridized carbons (Fsp3) is 0.0556. The summed E-state index contributed by atoms with van der Waals surface area (Å²) in [5.74, 6) is -1.73. The van der Waals surface area contributed by atoms with Gasteiger partial charge in [0.25, 0.3) is 0 Å². The monoisotopic (exact) mass is 281 g/mol. The second-order valence-electron chi connectivity index (χ2n) is 4.85. The minimum atomic E-state index is -0.868. The number of pyridine rings is 1. The predicted octanol–water partition coefficient (Wildman–Crippen LogP) is 5.00. The molecule has 104 valence electrons. The lowest BCUT2D eigenvalue weighted by molar-refractivity contribution is 0.511. The molecule has 0 atom stereocenters. The molecule has 1 heterocycles. The molecule has 0 aliphatic heterocycles. The summed E-state index contributed by atoms with van der Waals surface area (Å²) < 4.78 is 27.3. The molecule has 0 aliphatic rings. The van der Waals surface area contributed by atoms with Gasteiger partial charge in [0.15, 0.2) is 11.6 Å². The van der Waals surface area contributed by atoms with Crippen molar-refractivity contribution in [3.05, 3.63) is 78.0 Å². The van der Waals surface area contributed by atoms with Gasteiger partial charge in [-0.15, -0.1) is 0 Å². The van der Waals surface area contributed by atoms with Crippen molar-refractivity contribution in [2.45, 2.75) is 6.92 Å². The molecule has 21 heavy (non-hydrogen) atoms. The first-order chi connectivity index (χ1) is 10.2. The van der Waals surface area contributed by atoms with Crippen LogP contribution in [0.25, 0.3) is 22.4 Å². The number of benzene rings is 2. The standard InChI is InChI=1S/C18H13F2N/c1-12-11-21-17(14-8-5-9-16(19)18(14)20)10-15(12)13-6-3-2-4-7-13/h2-11H,1H3. The third kappa shape index (κ3) is 2.55. The van der Waals surface area contributed by atoms with Crippen LogP contribution in [0.1, 0.15) is 5.56 Å². The largest absolute Gasteiger partial charge is 0.256 e. The summed E-state index contributed by atoms with van der Waals surface area (Å²) in [5.41, 5.74) is 3.57. The van der Waals surface area contributed by atoms with E-state index in [1.165, 1.54) is 12.1 Å². The number of aryl methyl sites for hydroxylation is 1. The van der Waals surface area contributed by atoms with Gasteiger partial charge in [-0.25, -0.2) is 8.78 Å². The molecule has 0 aliphatic carbocycles. The third-order valence-electron chi connectivity index (χ3n) is 3.42. The average Bonchev–Trinajstić information content (AvgIpc) is 2.52. The van der Waals surface area contributed by atoms with Crippen LogP contribution in [0.3, 0.4) is 0 Å². The maximum atomic E-state index is 13.9. The Kier molecular flexibility index (Phi) is 3.48. The van der Waals surface area contributed by atoms with Gasteiger partial charge in [0.2, 0.25) is 0 Å². The Morgan fingerprint density at radius 3 is 2.38 bits per heavy atom. The number of aromatic nitrogens is 1.